The summed E-state index contributed by atoms with van der Waals surface area (Å²) in [5.41, 5.74) is 0. The summed E-state index contributed by atoms with van der Waals surface area (Å²) in [6.45, 7) is 5.10. The standard InChI is InChI=1S/C9H18O3/c1-3-7(4-2)9-11-5-8(10)6-12-9/h7-10H,3-6H2,1-2H3. The second-order valence-electron chi connectivity index (χ2n) is 3.27. The van der Waals surface area contributed by atoms with Gasteiger partial charge in [-0.15, -0.1) is 0 Å². The topological polar surface area (TPSA) is 38.7 Å². The van der Waals surface area contributed by atoms with Gasteiger partial charge in [-0.2, -0.15) is 0 Å². The molecule has 3 heteroatoms. The van der Waals surface area contributed by atoms with Crippen LogP contribution in [-0.2, 0) is 9.47 Å². The first kappa shape index (κ1) is 9.96. The van der Waals surface area contributed by atoms with Crippen molar-refractivity contribution in [3.05, 3.63) is 0 Å². The Labute approximate surface area is 73.7 Å². The Morgan fingerprint density at radius 2 is 1.75 bits per heavy atom. The van der Waals surface area contributed by atoms with Gasteiger partial charge in [-0.05, 0) is 12.8 Å². The molecule has 0 radical (unpaired) electrons. The molecular weight excluding hydrogens is 156 g/mol. The van der Waals surface area contributed by atoms with Crippen molar-refractivity contribution in [2.45, 2.75) is 39.1 Å². The molecule has 0 aliphatic carbocycles. The number of ether oxygens (including phenoxy) is 2. The highest BCUT2D eigenvalue weighted by molar-refractivity contribution is 4.66. The van der Waals surface area contributed by atoms with E-state index in [0.29, 0.717) is 19.1 Å². The molecule has 72 valence electrons. The highest BCUT2D eigenvalue weighted by Gasteiger charge is 2.25. The molecule has 1 heterocycles. The van der Waals surface area contributed by atoms with Crippen molar-refractivity contribution in [3.63, 3.8) is 0 Å². The van der Waals surface area contributed by atoms with Gasteiger partial charge in [-0.25, -0.2) is 0 Å². The Kier molecular flexibility index (Phi) is 3.98. The zero-order chi connectivity index (χ0) is 8.97. The molecule has 0 unspecified atom stereocenters. The molecule has 1 N–H and O–H groups in total. The van der Waals surface area contributed by atoms with Crippen LogP contribution < -0.4 is 0 Å². The molecule has 1 aliphatic rings. The van der Waals surface area contributed by atoms with Gasteiger partial charge in [0, 0.05) is 5.92 Å². The molecule has 0 atom stereocenters. The summed E-state index contributed by atoms with van der Waals surface area (Å²) < 4.78 is 10.7. The summed E-state index contributed by atoms with van der Waals surface area (Å²) in [5.74, 6) is 0.470. The van der Waals surface area contributed by atoms with Crippen molar-refractivity contribution in [2.75, 3.05) is 13.2 Å². The first-order chi connectivity index (χ1) is 5.77. The van der Waals surface area contributed by atoms with E-state index in [2.05, 4.69) is 13.8 Å². The van der Waals surface area contributed by atoms with E-state index in [1.807, 2.05) is 0 Å². The Hall–Kier alpha value is -0.120. The van der Waals surface area contributed by atoms with Gasteiger partial charge in [0.05, 0.1) is 13.2 Å². The van der Waals surface area contributed by atoms with E-state index in [9.17, 15) is 0 Å². The van der Waals surface area contributed by atoms with E-state index in [-0.39, 0.29) is 6.29 Å². The van der Waals surface area contributed by atoms with Crippen LogP contribution in [0.1, 0.15) is 26.7 Å². The third-order valence-electron chi connectivity index (χ3n) is 2.34. The first-order valence-corrected chi connectivity index (χ1v) is 4.69. The quantitative estimate of drug-likeness (QED) is 0.697. The van der Waals surface area contributed by atoms with E-state index in [1.54, 1.807) is 0 Å². The maximum absolute atomic E-state index is 9.10. The van der Waals surface area contributed by atoms with Crippen LogP contribution in [0.5, 0.6) is 0 Å². The average molecular weight is 174 g/mol. The van der Waals surface area contributed by atoms with Crippen LogP contribution >= 0.6 is 0 Å². The lowest BCUT2D eigenvalue weighted by Gasteiger charge is -2.31. The predicted octanol–water partition coefficient (Wildman–Crippen LogP) is 1.16. The van der Waals surface area contributed by atoms with E-state index in [0.717, 1.165) is 12.8 Å². The zero-order valence-electron chi connectivity index (χ0n) is 7.82. The SMILES string of the molecule is CCC(CC)C1OCC(O)CO1. The van der Waals surface area contributed by atoms with E-state index >= 15 is 0 Å². The van der Waals surface area contributed by atoms with Crippen LogP contribution in [0.25, 0.3) is 0 Å². The second kappa shape index (κ2) is 4.80. The van der Waals surface area contributed by atoms with Gasteiger partial charge in [-0.3, -0.25) is 0 Å². The Morgan fingerprint density at radius 1 is 1.25 bits per heavy atom. The van der Waals surface area contributed by atoms with Crippen molar-refractivity contribution in [2.24, 2.45) is 5.92 Å². The summed E-state index contributed by atoms with van der Waals surface area (Å²) in [6.07, 6.45) is 1.60. The molecule has 3 nitrogen and oxygen atoms in total. The van der Waals surface area contributed by atoms with E-state index in [4.69, 9.17) is 14.6 Å². The molecule has 0 spiro atoms. The van der Waals surface area contributed by atoms with Gasteiger partial charge in [-0.1, -0.05) is 13.8 Å². The minimum Gasteiger partial charge on any atom is -0.388 e. The van der Waals surface area contributed by atoms with Gasteiger partial charge in [0.15, 0.2) is 6.29 Å². The minimum absolute atomic E-state index is 0.0941. The number of rotatable bonds is 3. The van der Waals surface area contributed by atoms with Crippen LogP contribution in [0, 0.1) is 5.92 Å². The molecule has 0 aromatic heterocycles. The molecule has 1 rings (SSSR count). The highest BCUT2D eigenvalue weighted by Crippen LogP contribution is 2.20. The fourth-order valence-electron chi connectivity index (χ4n) is 1.45. The van der Waals surface area contributed by atoms with Crippen LogP contribution in [0.15, 0.2) is 0 Å². The van der Waals surface area contributed by atoms with Crippen molar-refractivity contribution in [1.29, 1.82) is 0 Å². The molecule has 1 aliphatic heterocycles. The third kappa shape index (κ3) is 2.44. The lowest BCUT2D eigenvalue weighted by molar-refractivity contribution is -0.238. The number of aliphatic hydroxyl groups is 1. The molecule has 0 saturated carbocycles. The fraction of sp³-hybridized carbons (Fsp3) is 1.00. The number of hydrogen-bond acceptors (Lipinski definition) is 3. The zero-order valence-corrected chi connectivity index (χ0v) is 7.82. The molecule has 0 amide bonds. The normalized spacial score (nSPS) is 31.0. The van der Waals surface area contributed by atoms with Gasteiger partial charge >= 0.3 is 0 Å². The van der Waals surface area contributed by atoms with Crippen LogP contribution in [0.3, 0.4) is 0 Å². The maximum Gasteiger partial charge on any atom is 0.160 e. The molecule has 0 bridgehead atoms. The number of aliphatic hydroxyl groups excluding tert-OH is 1. The van der Waals surface area contributed by atoms with Crippen molar-refractivity contribution < 1.29 is 14.6 Å². The van der Waals surface area contributed by atoms with Gasteiger partial charge in [0.2, 0.25) is 0 Å². The van der Waals surface area contributed by atoms with Gasteiger partial charge < -0.3 is 14.6 Å². The van der Waals surface area contributed by atoms with Crippen molar-refractivity contribution in [1.82, 2.24) is 0 Å². The van der Waals surface area contributed by atoms with Gasteiger partial charge in [0.25, 0.3) is 0 Å². The molecule has 12 heavy (non-hydrogen) atoms. The third-order valence-corrected chi connectivity index (χ3v) is 2.34. The van der Waals surface area contributed by atoms with E-state index in [1.165, 1.54) is 0 Å². The molecule has 1 saturated heterocycles. The summed E-state index contributed by atoms with van der Waals surface area (Å²) in [7, 11) is 0. The second-order valence-corrected chi connectivity index (χ2v) is 3.27. The Morgan fingerprint density at radius 3 is 2.17 bits per heavy atom. The summed E-state index contributed by atoms with van der Waals surface area (Å²) in [6, 6.07) is 0. The summed E-state index contributed by atoms with van der Waals surface area (Å²) >= 11 is 0. The lowest BCUT2D eigenvalue weighted by Crippen LogP contribution is -2.39. The Balaban J connectivity index is 2.32. The fourth-order valence-corrected chi connectivity index (χ4v) is 1.45. The van der Waals surface area contributed by atoms with Crippen LogP contribution in [0.2, 0.25) is 0 Å². The average Bonchev–Trinajstić information content (AvgIpc) is 2.10. The van der Waals surface area contributed by atoms with Crippen molar-refractivity contribution in [3.8, 4) is 0 Å². The van der Waals surface area contributed by atoms with Gasteiger partial charge in [0.1, 0.15) is 6.10 Å². The lowest BCUT2D eigenvalue weighted by atomic mass is 10.0. The molecule has 0 aromatic carbocycles. The largest absolute Gasteiger partial charge is 0.388 e. The predicted molar refractivity (Wildman–Crippen MR) is 45.8 cm³/mol. The molecular formula is C9H18O3. The smallest absolute Gasteiger partial charge is 0.160 e. The first-order valence-electron chi connectivity index (χ1n) is 4.69. The number of hydrogen-bond donors (Lipinski definition) is 1. The van der Waals surface area contributed by atoms with Crippen LogP contribution in [0.4, 0.5) is 0 Å². The molecule has 1 fully saturated rings. The minimum atomic E-state index is -0.435. The van der Waals surface area contributed by atoms with Crippen molar-refractivity contribution >= 4 is 0 Å². The summed E-state index contributed by atoms with van der Waals surface area (Å²) in [4.78, 5) is 0. The molecule has 0 aromatic rings. The maximum atomic E-state index is 9.10. The summed E-state index contributed by atoms with van der Waals surface area (Å²) in [5, 5.41) is 9.10. The monoisotopic (exact) mass is 174 g/mol. The van der Waals surface area contributed by atoms with Crippen LogP contribution in [-0.4, -0.2) is 30.7 Å². The Bertz CT molecular complexity index is 115. The van der Waals surface area contributed by atoms with E-state index < -0.39 is 6.10 Å². The highest BCUT2D eigenvalue weighted by atomic mass is 16.7.